The van der Waals surface area contributed by atoms with Crippen LogP contribution in [-0.2, 0) is 4.74 Å². The molecule has 0 atom stereocenters. The first-order chi connectivity index (χ1) is 10.3. The van der Waals surface area contributed by atoms with Gasteiger partial charge in [0.05, 0.1) is 18.9 Å². The lowest BCUT2D eigenvalue weighted by molar-refractivity contribution is 0.122. The van der Waals surface area contributed by atoms with Crippen molar-refractivity contribution in [3.05, 3.63) is 18.0 Å². The summed E-state index contributed by atoms with van der Waals surface area (Å²) in [5, 5.41) is 4.53. The van der Waals surface area contributed by atoms with Crippen LogP contribution in [0.5, 0.6) is 0 Å². The van der Waals surface area contributed by atoms with Gasteiger partial charge in [0, 0.05) is 25.2 Å². The van der Waals surface area contributed by atoms with E-state index in [0.717, 1.165) is 18.8 Å². The number of rotatable bonds is 3. The zero-order valence-corrected chi connectivity index (χ0v) is 11.6. The first-order valence-electron chi connectivity index (χ1n) is 7.20. The lowest BCUT2D eigenvalue weighted by atomic mass is 10.3. The molecule has 0 radical (unpaired) electrons. The van der Waals surface area contributed by atoms with E-state index in [4.69, 9.17) is 10.5 Å². The number of nitrogen functional groups attached to an aromatic ring is 1. The van der Waals surface area contributed by atoms with E-state index in [1.54, 1.807) is 4.68 Å². The van der Waals surface area contributed by atoms with E-state index in [2.05, 4.69) is 25.0 Å². The number of morpholine rings is 1. The molecule has 3 heterocycles. The highest BCUT2D eigenvalue weighted by atomic mass is 16.5. The Morgan fingerprint density at radius 3 is 2.62 bits per heavy atom. The molecule has 0 unspecified atom stereocenters. The van der Waals surface area contributed by atoms with Crippen molar-refractivity contribution in [3.8, 4) is 5.95 Å². The van der Waals surface area contributed by atoms with Crippen molar-refractivity contribution >= 4 is 11.9 Å². The van der Waals surface area contributed by atoms with Crippen LogP contribution in [0.3, 0.4) is 0 Å². The maximum Gasteiger partial charge on any atom is 0.257 e. The Morgan fingerprint density at radius 1 is 1.10 bits per heavy atom. The summed E-state index contributed by atoms with van der Waals surface area (Å²) in [6.07, 6.45) is 4.32. The number of aromatic nitrogens is 5. The summed E-state index contributed by atoms with van der Waals surface area (Å²) in [4.78, 5) is 15.0. The summed E-state index contributed by atoms with van der Waals surface area (Å²) in [5.74, 6) is 1.87. The number of hydrogen-bond donors (Lipinski definition) is 1. The van der Waals surface area contributed by atoms with Gasteiger partial charge in [-0.1, -0.05) is 0 Å². The quantitative estimate of drug-likeness (QED) is 0.870. The van der Waals surface area contributed by atoms with Gasteiger partial charge in [0.15, 0.2) is 0 Å². The van der Waals surface area contributed by atoms with Crippen molar-refractivity contribution in [3.63, 3.8) is 0 Å². The zero-order chi connectivity index (χ0) is 14.2. The summed E-state index contributed by atoms with van der Waals surface area (Å²) in [6, 6.07) is 2.02. The second-order valence-corrected chi connectivity index (χ2v) is 5.35. The van der Waals surface area contributed by atoms with Crippen LogP contribution < -0.4 is 10.6 Å². The van der Waals surface area contributed by atoms with E-state index in [1.165, 1.54) is 12.8 Å². The number of nitrogens with two attached hydrogens (primary N) is 1. The van der Waals surface area contributed by atoms with Crippen molar-refractivity contribution in [2.24, 2.45) is 0 Å². The summed E-state index contributed by atoms with van der Waals surface area (Å²) >= 11 is 0. The Kier molecular flexibility index (Phi) is 2.95. The predicted octanol–water partition coefficient (Wildman–Crippen LogP) is 0.353. The molecule has 2 aliphatic rings. The van der Waals surface area contributed by atoms with E-state index in [1.807, 2.05) is 12.3 Å². The Labute approximate surface area is 122 Å². The van der Waals surface area contributed by atoms with Gasteiger partial charge in [-0.15, -0.1) is 0 Å². The van der Waals surface area contributed by atoms with Crippen LogP contribution in [0.15, 0.2) is 12.3 Å². The van der Waals surface area contributed by atoms with Crippen LogP contribution in [-0.4, -0.2) is 51.0 Å². The third kappa shape index (κ3) is 2.54. The Morgan fingerprint density at radius 2 is 1.86 bits per heavy atom. The van der Waals surface area contributed by atoms with Crippen LogP contribution in [0, 0.1) is 0 Å². The second kappa shape index (κ2) is 4.96. The Hall–Kier alpha value is -2.22. The number of ether oxygens (including phenoxy) is 1. The summed E-state index contributed by atoms with van der Waals surface area (Å²) in [6.45, 7) is 2.87. The van der Waals surface area contributed by atoms with Crippen LogP contribution in [0.2, 0.25) is 0 Å². The molecule has 2 fully saturated rings. The van der Waals surface area contributed by atoms with Crippen molar-refractivity contribution in [2.75, 3.05) is 36.9 Å². The topological polar surface area (TPSA) is 95.0 Å². The first-order valence-corrected chi connectivity index (χ1v) is 7.20. The second-order valence-electron chi connectivity index (χ2n) is 5.35. The van der Waals surface area contributed by atoms with Crippen LogP contribution in [0.1, 0.15) is 24.5 Å². The molecule has 8 nitrogen and oxygen atoms in total. The third-order valence-corrected chi connectivity index (χ3v) is 3.73. The summed E-state index contributed by atoms with van der Waals surface area (Å²) in [7, 11) is 0. The molecular formula is C13H17N7O. The van der Waals surface area contributed by atoms with Crippen molar-refractivity contribution in [1.29, 1.82) is 0 Å². The van der Waals surface area contributed by atoms with Gasteiger partial charge in [-0.2, -0.15) is 20.1 Å². The van der Waals surface area contributed by atoms with E-state index in [9.17, 15) is 0 Å². The minimum absolute atomic E-state index is 0.213. The monoisotopic (exact) mass is 287 g/mol. The van der Waals surface area contributed by atoms with Gasteiger partial charge in [-0.25, -0.2) is 4.68 Å². The molecule has 4 rings (SSSR count). The van der Waals surface area contributed by atoms with Crippen LogP contribution >= 0.6 is 0 Å². The molecule has 2 aromatic rings. The fraction of sp³-hybridized carbons (Fsp3) is 0.538. The first kappa shape index (κ1) is 12.5. The molecule has 0 aromatic carbocycles. The van der Waals surface area contributed by atoms with Gasteiger partial charge in [0.25, 0.3) is 5.95 Å². The molecule has 1 aliphatic carbocycles. The van der Waals surface area contributed by atoms with E-state index in [0.29, 0.717) is 31.0 Å². The summed E-state index contributed by atoms with van der Waals surface area (Å²) < 4.78 is 7.02. The molecule has 2 N–H and O–H groups in total. The SMILES string of the molecule is Nc1nc(N2CCOCC2)nc(-n2ccc(C3CC3)n2)n1. The highest BCUT2D eigenvalue weighted by Gasteiger charge is 2.26. The normalized spacial score (nSPS) is 19.0. The van der Waals surface area contributed by atoms with Crippen molar-refractivity contribution in [2.45, 2.75) is 18.8 Å². The smallest absolute Gasteiger partial charge is 0.257 e. The maximum absolute atomic E-state index is 5.82. The van der Waals surface area contributed by atoms with Gasteiger partial charge >= 0.3 is 0 Å². The molecule has 1 saturated carbocycles. The highest BCUT2D eigenvalue weighted by Crippen LogP contribution is 2.38. The van der Waals surface area contributed by atoms with Crippen molar-refractivity contribution in [1.82, 2.24) is 24.7 Å². The molecule has 8 heteroatoms. The van der Waals surface area contributed by atoms with Gasteiger partial charge in [0.2, 0.25) is 11.9 Å². The Bertz CT molecular complexity index is 646. The molecule has 0 bridgehead atoms. The van der Waals surface area contributed by atoms with Gasteiger partial charge in [-0.05, 0) is 18.9 Å². The number of nitrogens with zero attached hydrogens (tertiary/aromatic N) is 6. The fourth-order valence-corrected chi connectivity index (χ4v) is 2.42. The van der Waals surface area contributed by atoms with E-state index >= 15 is 0 Å². The van der Waals surface area contributed by atoms with Gasteiger partial charge in [-0.3, -0.25) is 0 Å². The minimum atomic E-state index is 0.213. The van der Waals surface area contributed by atoms with E-state index in [-0.39, 0.29) is 5.95 Å². The molecule has 21 heavy (non-hydrogen) atoms. The lowest BCUT2D eigenvalue weighted by Crippen LogP contribution is -2.37. The number of anilines is 2. The average molecular weight is 287 g/mol. The highest BCUT2D eigenvalue weighted by molar-refractivity contribution is 5.38. The Balaban J connectivity index is 1.65. The maximum atomic E-state index is 5.82. The predicted molar refractivity (Wildman–Crippen MR) is 76.4 cm³/mol. The molecule has 1 saturated heterocycles. The molecule has 0 spiro atoms. The summed E-state index contributed by atoms with van der Waals surface area (Å²) in [5.41, 5.74) is 6.92. The van der Waals surface area contributed by atoms with Crippen LogP contribution in [0.25, 0.3) is 5.95 Å². The minimum Gasteiger partial charge on any atom is -0.378 e. The largest absolute Gasteiger partial charge is 0.378 e. The molecule has 110 valence electrons. The lowest BCUT2D eigenvalue weighted by Gasteiger charge is -2.26. The third-order valence-electron chi connectivity index (χ3n) is 3.73. The van der Waals surface area contributed by atoms with E-state index < -0.39 is 0 Å². The van der Waals surface area contributed by atoms with Gasteiger partial charge < -0.3 is 15.4 Å². The van der Waals surface area contributed by atoms with Gasteiger partial charge in [0.1, 0.15) is 0 Å². The molecule has 0 amide bonds. The average Bonchev–Trinajstić information content (AvgIpc) is 3.25. The fourth-order valence-electron chi connectivity index (χ4n) is 2.42. The molecular weight excluding hydrogens is 270 g/mol. The van der Waals surface area contributed by atoms with Crippen molar-refractivity contribution < 1.29 is 4.74 Å². The molecule has 2 aromatic heterocycles. The van der Waals surface area contributed by atoms with Crippen LogP contribution in [0.4, 0.5) is 11.9 Å². The zero-order valence-electron chi connectivity index (χ0n) is 11.6. The standard InChI is InChI=1S/C13H17N7O/c14-11-15-12(19-5-7-21-8-6-19)17-13(16-11)20-4-3-10(18-20)9-1-2-9/h3-4,9H,1-2,5-8H2,(H2,14,15,16,17). The molecule has 1 aliphatic heterocycles. The number of hydrogen-bond acceptors (Lipinski definition) is 7.